The standard InChI is InChI=1S/C14H25N3O3/c1-3-11(18)10-16-6-8-17(9-7-16)13(20)14(4-5-14)12(19)15-2/h11,18H,3-10H2,1-2H3,(H,15,19)/t11-/m1/s1. The van der Waals surface area contributed by atoms with E-state index in [2.05, 4.69) is 10.2 Å². The molecule has 2 N–H and O–H groups in total. The van der Waals surface area contributed by atoms with Gasteiger partial charge in [-0.1, -0.05) is 6.92 Å². The van der Waals surface area contributed by atoms with E-state index < -0.39 is 5.41 Å². The number of carbonyl (C=O) groups is 2. The van der Waals surface area contributed by atoms with Crippen LogP contribution in [0.1, 0.15) is 26.2 Å². The first kappa shape index (κ1) is 15.3. The first-order chi connectivity index (χ1) is 9.53. The molecule has 2 aliphatic rings. The summed E-state index contributed by atoms with van der Waals surface area (Å²) in [7, 11) is 1.58. The van der Waals surface area contributed by atoms with E-state index in [-0.39, 0.29) is 17.9 Å². The van der Waals surface area contributed by atoms with Crippen LogP contribution in [0.25, 0.3) is 0 Å². The molecule has 2 amide bonds. The van der Waals surface area contributed by atoms with Crippen molar-refractivity contribution in [3.63, 3.8) is 0 Å². The van der Waals surface area contributed by atoms with Gasteiger partial charge in [-0.25, -0.2) is 0 Å². The Kier molecular flexibility index (Phi) is 4.65. The summed E-state index contributed by atoms with van der Waals surface area (Å²) in [4.78, 5) is 28.3. The van der Waals surface area contributed by atoms with Crippen LogP contribution in [0.5, 0.6) is 0 Å². The maximum Gasteiger partial charge on any atom is 0.238 e. The summed E-state index contributed by atoms with van der Waals surface area (Å²) in [6, 6.07) is 0. The van der Waals surface area contributed by atoms with Crippen LogP contribution in [0.2, 0.25) is 0 Å². The summed E-state index contributed by atoms with van der Waals surface area (Å²) in [6.45, 7) is 5.46. The van der Waals surface area contributed by atoms with Crippen molar-refractivity contribution in [2.24, 2.45) is 5.41 Å². The summed E-state index contributed by atoms with van der Waals surface area (Å²) in [6.07, 6.45) is 1.79. The van der Waals surface area contributed by atoms with Crippen LogP contribution in [0, 0.1) is 5.41 Å². The van der Waals surface area contributed by atoms with Crippen LogP contribution in [-0.4, -0.2) is 72.6 Å². The van der Waals surface area contributed by atoms with Gasteiger partial charge in [0.1, 0.15) is 5.41 Å². The first-order valence-electron chi connectivity index (χ1n) is 7.45. The van der Waals surface area contributed by atoms with Gasteiger partial charge in [0.05, 0.1) is 6.10 Å². The van der Waals surface area contributed by atoms with E-state index in [9.17, 15) is 14.7 Å². The molecule has 0 aromatic rings. The van der Waals surface area contributed by atoms with E-state index in [0.717, 1.165) is 19.5 Å². The Morgan fingerprint density at radius 2 is 1.85 bits per heavy atom. The molecule has 0 radical (unpaired) electrons. The molecule has 0 spiro atoms. The summed E-state index contributed by atoms with van der Waals surface area (Å²) >= 11 is 0. The van der Waals surface area contributed by atoms with Gasteiger partial charge in [0.2, 0.25) is 11.8 Å². The number of amides is 2. The van der Waals surface area contributed by atoms with Crippen LogP contribution in [0.3, 0.4) is 0 Å². The van der Waals surface area contributed by atoms with Crippen LogP contribution in [0.15, 0.2) is 0 Å². The van der Waals surface area contributed by atoms with Gasteiger partial charge in [0, 0.05) is 39.8 Å². The molecule has 1 saturated heterocycles. The number of aliphatic hydroxyl groups is 1. The van der Waals surface area contributed by atoms with Gasteiger partial charge < -0.3 is 15.3 Å². The Labute approximate surface area is 120 Å². The fraction of sp³-hybridized carbons (Fsp3) is 0.857. The molecular formula is C14H25N3O3. The van der Waals surface area contributed by atoms with E-state index in [1.807, 2.05) is 6.92 Å². The lowest BCUT2D eigenvalue weighted by Gasteiger charge is -2.37. The molecule has 0 unspecified atom stereocenters. The maximum absolute atomic E-state index is 12.5. The lowest BCUT2D eigenvalue weighted by Crippen LogP contribution is -2.53. The molecule has 1 heterocycles. The highest BCUT2D eigenvalue weighted by Crippen LogP contribution is 2.47. The fourth-order valence-corrected chi connectivity index (χ4v) is 2.77. The molecule has 114 valence electrons. The summed E-state index contributed by atoms with van der Waals surface area (Å²) in [5, 5.41) is 12.3. The Hall–Kier alpha value is -1.14. The maximum atomic E-state index is 12.5. The Balaban J connectivity index is 1.85. The number of hydrogen-bond acceptors (Lipinski definition) is 4. The minimum Gasteiger partial charge on any atom is -0.392 e. The van der Waals surface area contributed by atoms with Crippen LogP contribution in [0.4, 0.5) is 0 Å². The molecule has 1 saturated carbocycles. The van der Waals surface area contributed by atoms with Crippen molar-refractivity contribution in [1.29, 1.82) is 0 Å². The Morgan fingerprint density at radius 3 is 2.30 bits per heavy atom. The second kappa shape index (κ2) is 6.10. The molecule has 1 aliphatic carbocycles. The van der Waals surface area contributed by atoms with Crippen LogP contribution in [-0.2, 0) is 9.59 Å². The lowest BCUT2D eigenvalue weighted by molar-refractivity contribution is -0.145. The number of carbonyl (C=O) groups excluding carboxylic acids is 2. The van der Waals surface area contributed by atoms with Crippen molar-refractivity contribution in [3.8, 4) is 0 Å². The van der Waals surface area contributed by atoms with Crippen LogP contribution < -0.4 is 5.32 Å². The third-order valence-electron chi connectivity index (χ3n) is 4.42. The monoisotopic (exact) mass is 283 g/mol. The van der Waals surface area contributed by atoms with Crippen molar-refractivity contribution < 1.29 is 14.7 Å². The number of nitrogens with zero attached hydrogens (tertiary/aromatic N) is 2. The minimum atomic E-state index is -0.778. The third-order valence-corrected chi connectivity index (χ3v) is 4.42. The summed E-state index contributed by atoms with van der Waals surface area (Å²) in [5.74, 6) is -0.168. The average Bonchev–Trinajstić information content (AvgIpc) is 3.28. The second-order valence-electron chi connectivity index (χ2n) is 5.82. The SMILES string of the molecule is CC[C@@H](O)CN1CCN(C(=O)C2(C(=O)NC)CC2)CC1. The molecule has 20 heavy (non-hydrogen) atoms. The van der Waals surface area contributed by atoms with Gasteiger partial charge in [-0.15, -0.1) is 0 Å². The number of hydrogen-bond donors (Lipinski definition) is 2. The van der Waals surface area contributed by atoms with E-state index in [0.29, 0.717) is 32.5 Å². The smallest absolute Gasteiger partial charge is 0.238 e. The second-order valence-corrected chi connectivity index (χ2v) is 5.82. The van der Waals surface area contributed by atoms with Crippen LogP contribution >= 0.6 is 0 Å². The fourth-order valence-electron chi connectivity index (χ4n) is 2.77. The molecule has 2 rings (SSSR count). The summed E-state index contributed by atoms with van der Waals surface area (Å²) in [5.41, 5.74) is -0.778. The highest BCUT2D eigenvalue weighted by molar-refractivity contribution is 6.07. The van der Waals surface area contributed by atoms with E-state index >= 15 is 0 Å². The average molecular weight is 283 g/mol. The van der Waals surface area contributed by atoms with Crippen molar-refractivity contribution in [1.82, 2.24) is 15.1 Å². The van der Waals surface area contributed by atoms with Crippen molar-refractivity contribution >= 4 is 11.8 Å². The molecular weight excluding hydrogens is 258 g/mol. The first-order valence-corrected chi connectivity index (χ1v) is 7.45. The van der Waals surface area contributed by atoms with Crippen molar-refractivity contribution in [2.75, 3.05) is 39.8 Å². The normalized spacial score (nSPS) is 23.2. The minimum absolute atomic E-state index is 0.0208. The van der Waals surface area contributed by atoms with Gasteiger partial charge >= 0.3 is 0 Å². The van der Waals surface area contributed by atoms with E-state index in [1.165, 1.54) is 0 Å². The van der Waals surface area contributed by atoms with Crippen molar-refractivity contribution in [2.45, 2.75) is 32.3 Å². The molecule has 1 aliphatic heterocycles. The van der Waals surface area contributed by atoms with Gasteiger partial charge in [-0.2, -0.15) is 0 Å². The van der Waals surface area contributed by atoms with Gasteiger partial charge in [0.25, 0.3) is 0 Å². The number of piperazine rings is 1. The molecule has 0 bridgehead atoms. The molecule has 1 atom stereocenters. The zero-order valence-electron chi connectivity index (χ0n) is 12.4. The predicted molar refractivity (Wildman–Crippen MR) is 75.1 cm³/mol. The van der Waals surface area contributed by atoms with Gasteiger partial charge in [0.15, 0.2) is 0 Å². The number of aliphatic hydroxyl groups excluding tert-OH is 1. The summed E-state index contributed by atoms with van der Waals surface area (Å²) < 4.78 is 0. The number of nitrogens with one attached hydrogen (secondary N) is 1. The Morgan fingerprint density at radius 1 is 1.25 bits per heavy atom. The molecule has 6 heteroatoms. The molecule has 2 fully saturated rings. The van der Waals surface area contributed by atoms with Gasteiger partial charge in [-0.3, -0.25) is 14.5 Å². The number of β-amino-alcohol motifs (C(OH)–C–C–N with tert-alkyl or cyclic N) is 1. The molecule has 0 aromatic heterocycles. The molecule has 6 nitrogen and oxygen atoms in total. The highest BCUT2D eigenvalue weighted by atomic mass is 16.3. The third kappa shape index (κ3) is 2.96. The Bertz CT molecular complexity index is 374. The topological polar surface area (TPSA) is 72.9 Å². The zero-order chi connectivity index (χ0) is 14.8. The molecule has 0 aromatic carbocycles. The predicted octanol–water partition coefficient (Wildman–Crippen LogP) is -0.572. The lowest BCUT2D eigenvalue weighted by atomic mass is 10.0. The zero-order valence-corrected chi connectivity index (χ0v) is 12.4. The van der Waals surface area contributed by atoms with E-state index in [4.69, 9.17) is 0 Å². The largest absolute Gasteiger partial charge is 0.392 e. The van der Waals surface area contributed by atoms with Crippen molar-refractivity contribution in [3.05, 3.63) is 0 Å². The number of rotatable bonds is 5. The van der Waals surface area contributed by atoms with E-state index in [1.54, 1.807) is 11.9 Å². The quantitative estimate of drug-likeness (QED) is 0.663. The van der Waals surface area contributed by atoms with Gasteiger partial charge in [-0.05, 0) is 19.3 Å². The highest BCUT2D eigenvalue weighted by Gasteiger charge is 2.57.